The third-order valence-electron chi connectivity index (χ3n) is 4.88. The Morgan fingerprint density at radius 3 is 2.36 bits per heavy atom. The molecule has 0 fully saturated rings. The molecule has 0 aliphatic rings. The van der Waals surface area contributed by atoms with Crippen molar-refractivity contribution in [2.45, 2.75) is 6.18 Å². The zero-order chi connectivity index (χ0) is 24.5. The van der Waals surface area contributed by atoms with E-state index in [1.165, 1.54) is 0 Å². The summed E-state index contributed by atoms with van der Waals surface area (Å²) in [7, 11) is 7.65. The first-order valence-electron chi connectivity index (χ1n) is 9.61. The molecule has 0 aliphatic carbocycles. The summed E-state index contributed by atoms with van der Waals surface area (Å²) in [4.78, 5) is 19.8. The first-order chi connectivity index (χ1) is 15.5. The molecular formula is C22H22F3N5O3. The van der Waals surface area contributed by atoms with Gasteiger partial charge in [-0.1, -0.05) is 18.2 Å². The Hall–Kier alpha value is -4.02. The standard InChI is InChI=1S/C20H21N5O.C2HF3O2/c1-24(2)19-17-13-9-10-25(3)18(13)14(11-15(17)22-20(21)23-19)12-7-5-6-8-16(12)26-4;3-2(4,5)1(6)7/h5-11H,1-4H3,(H2,21,22,23);(H,6,7). The number of benzene rings is 2. The number of methoxy groups -OCH3 is 1. The number of hydrogen-bond donors (Lipinski definition) is 2. The highest BCUT2D eigenvalue weighted by Crippen LogP contribution is 2.40. The Balaban J connectivity index is 0.000000383. The van der Waals surface area contributed by atoms with E-state index < -0.39 is 12.1 Å². The lowest BCUT2D eigenvalue weighted by molar-refractivity contribution is -0.192. The Morgan fingerprint density at radius 1 is 1.15 bits per heavy atom. The molecule has 174 valence electrons. The number of aliphatic carboxylic acids is 1. The van der Waals surface area contributed by atoms with Crippen LogP contribution in [0.5, 0.6) is 5.75 Å². The molecule has 4 aromatic rings. The van der Waals surface area contributed by atoms with E-state index in [4.69, 9.17) is 20.4 Å². The number of nitrogens with zero attached hydrogens (tertiary/aromatic N) is 4. The molecule has 11 heteroatoms. The number of carboxylic acids is 1. The molecule has 8 nitrogen and oxygen atoms in total. The molecule has 0 unspecified atom stereocenters. The molecule has 0 bridgehead atoms. The van der Waals surface area contributed by atoms with Crippen LogP contribution in [0.4, 0.5) is 24.9 Å². The fraction of sp³-hybridized carbons (Fsp3) is 0.227. The van der Waals surface area contributed by atoms with Gasteiger partial charge in [0.25, 0.3) is 0 Å². The van der Waals surface area contributed by atoms with Crippen LogP contribution in [0.25, 0.3) is 32.9 Å². The minimum Gasteiger partial charge on any atom is -0.496 e. The van der Waals surface area contributed by atoms with Crippen molar-refractivity contribution in [3.8, 4) is 16.9 Å². The number of carboxylic acid groups (broad SMARTS) is 1. The van der Waals surface area contributed by atoms with Gasteiger partial charge in [-0.05, 0) is 18.2 Å². The van der Waals surface area contributed by atoms with E-state index in [1.807, 2.05) is 44.2 Å². The summed E-state index contributed by atoms with van der Waals surface area (Å²) < 4.78 is 39.4. The highest BCUT2D eigenvalue weighted by molar-refractivity contribution is 6.16. The van der Waals surface area contributed by atoms with E-state index in [1.54, 1.807) is 7.11 Å². The van der Waals surface area contributed by atoms with E-state index in [-0.39, 0.29) is 5.95 Å². The smallest absolute Gasteiger partial charge is 0.490 e. The van der Waals surface area contributed by atoms with Gasteiger partial charge in [-0.2, -0.15) is 18.2 Å². The fourth-order valence-corrected chi connectivity index (χ4v) is 3.51. The van der Waals surface area contributed by atoms with E-state index >= 15 is 0 Å². The number of aromatic nitrogens is 3. The van der Waals surface area contributed by atoms with Crippen LogP contribution in [0.3, 0.4) is 0 Å². The van der Waals surface area contributed by atoms with Crippen molar-refractivity contribution in [3.05, 3.63) is 42.6 Å². The number of nitrogens with two attached hydrogens (primary N) is 1. The topological polar surface area (TPSA) is 106 Å². The normalized spacial score (nSPS) is 11.2. The number of fused-ring (bicyclic) bond motifs is 3. The van der Waals surface area contributed by atoms with Crippen molar-refractivity contribution in [1.82, 2.24) is 14.5 Å². The van der Waals surface area contributed by atoms with Gasteiger partial charge in [0.15, 0.2) is 0 Å². The van der Waals surface area contributed by atoms with Crippen molar-refractivity contribution in [1.29, 1.82) is 0 Å². The van der Waals surface area contributed by atoms with Crippen molar-refractivity contribution in [2.75, 3.05) is 31.8 Å². The van der Waals surface area contributed by atoms with Crippen LogP contribution in [0, 0.1) is 0 Å². The van der Waals surface area contributed by atoms with Crippen LogP contribution in [-0.4, -0.2) is 53.0 Å². The predicted octanol–water partition coefficient (Wildman–Crippen LogP) is 4.08. The molecule has 3 N–H and O–H groups in total. The average Bonchev–Trinajstić information content (AvgIpc) is 3.13. The third-order valence-corrected chi connectivity index (χ3v) is 4.88. The number of anilines is 2. The molecule has 0 radical (unpaired) electrons. The number of aryl methyl sites for hydroxylation is 1. The van der Waals surface area contributed by atoms with Gasteiger partial charge in [-0.3, -0.25) is 0 Å². The fourth-order valence-electron chi connectivity index (χ4n) is 3.51. The molecule has 2 aromatic carbocycles. The molecule has 0 spiro atoms. The molecule has 0 saturated carbocycles. The van der Waals surface area contributed by atoms with Crippen LogP contribution < -0.4 is 15.4 Å². The summed E-state index contributed by atoms with van der Waals surface area (Å²) in [5.41, 5.74) is 9.98. The van der Waals surface area contributed by atoms with Crippen LogP contribution >= 0.6 is 0 Å². The number of para-hydroxylation sites is 1. The molecule has 2 aromatic heterocycles. The molecule has 0 atom stereocenters. The average molecular weight is 461 g/mol. The molecule has 33 heavy (non-hydrogen) atoms. The van der Waals surface area contributed by atoms with Gasteiger partial charge in [-0.15, -0.1) is 0 Å². The largest absolute Gasteiger partial charge is 0.496 e. The molecule has 0 aliphatic heterocycles. The molecule has 2 heterocycles. The van der Waals surface area contributed by atoms with Crippen molar-refractivity contribution >= 4 is 39.5 Å². The molecular weight excluding hydrogens is 439 g/mol. The van der Waals surface area contributed by atoms with Gasteiger partial charge in [0, 0.05) is 43.9 Å². The first kappa shape index (κ1) is 23.6. The number of alkyl halides is 3. The quantitative estimate of drug-likeness (QED) is 0.474. The van der Waals surface area contributed by atoms with Crippen LogP contribution in [0.1, 0.15) is 0 Å². The summed E-state index contributed by atoms with van der Waals surface area (Å²) in [6, 6.07) is 12.2. The second-order valence-corrected chi connectivity index (χ2v) is 7.31. The van der Waals surface area contributed by atoms with Crippen LogP contribution in [0.2, 0.25) is 0 Å². The van der Waals surface area contributed by atoms with E-state index in [9.17, 15) is 13.2 Å². The van der Waals surface area contributed by atoms with Gasteiger partial charge in [0.1, 0.15) is 11.6 Å². The highest BCUT2D eigenvalue weighted by atomic mass is 19.4. The van der Waals surface area contributed by atoms with E-state index in [0.29, 0.717) is 0 Å². The van der Waals surface area contributed by atoms with Crippen molar-refractivity contribution < 1.29 is 27.8 Å². The van der Waals surface area contributed by atoms with Gasteiger partial charge in [0.2, 0.25) is 5.95 Å². The van der Waals surface area contributed by atoms with Crippen LogP contribution in [-0.2, 0) is 11.8 Å². The lowest BCUT2D eigenvalue weighted by atomic mass is 9.99. The molecule has 0 amide bonds. The monoisotopic (exact) mass is 461 g/mol. The van der Waals surface area contributed by atoms with Gasteiger partial charge in [0.05, 0.1) is 23.5 Å². The van der Waals surface area contributed by atoms with Crippen molar-refractivity contribution in [2.24, 2.45) is 7.05 Å². The van der Waals surface area contributed by atoms with E-state index in [0.717, 1.165) is 44.5 Å². The van der Waals surface area contributed by atoms with Crippen molar-refractivity contribution in [3.63, 3.8) is 0 Å². The second kappa shape index (κ2) is 8.85. The number of halogens is 3. The van der Waals surface area contributed by atoms with Gasteiger partial charge in [-0.25, -0.2) is 9.78 Å². The lowest BCUT2D eigenvalue weighted by Gasteiger charge is -2.17. The van der Waals surface area contributed by atoms with Gasteiger partial charge < -0.3 is 25.0 Å². The first-order valence-corrected chi connectivity index (χ1v) is 9.61. The maximum atomic E-state index is 10.6. The minimum absolute atomic E-state index is 0.266. The number of rotatable bonds is 3. The maximum absolute atomic E-state index is 10.6. The number of nitrogen functional groups attached to an aromatic ring is 1. The number of carbonyl (C=O) groups is 1. The maximum Gasteiger partial charge on any atom is 0.490 e. The predicted molar refractivity (Wildman–Crippen MR) is 120 cm³/mol. The highest BCUT2D eigenvalue weighted by Gasteiger charge is 2.38. The van der Waals surface area contributed by atoms with E-state index in [2.05, 4.69) is 38.9 Å². The Labute approximate surface area is 187 Å². The summed E-state index contributed by atoms with van der Waals surface area (Å²) in [5.74, 6) is -0.852. The van der Waals surface area contributed by atoms with Gasteiger partial charge >= 0.3 is 12.1 Å². The third kappa shape index (κ3) is 4.61. The molecule has 0 saturated heterocycles. The lowest BCUT2D eigenvalue weighted by Crippen LogP contribution is -2.21. The SMILES string of the molecule is COc1ccccc1-c1cc2nc(N)nc(N(C)C)c2c2ccn(C)c12.O=C(O)C(F)(F)F. The zero-order valence-electron chi connectivity index (χ0n) is 18.3. The Bertz CT molecular complexity index is 1330. The number of ether oxygens (including phenoxy) is 1. The summed E-state index contributed by atoms with van der Waals surface area (Å²) in [6.45, 7) is 0. The second-order valence-electron chi connectivity index (χ2n) is 7.31. The zero-order valence-corrected chi connectivity index (χ0v) is 18.3. The summed E-state index contributed by atoms with van der Waals surface area (Å²) in [6.07, 6.45) is -3.03. The Kier molecular flexibility index (Phi) is 6.34. The number of hydrogen-bond acceptors (Lipinski definition) is 6. The van der Waals surface area contributed by atoms with Crippen LogP contribution in [0.15, 0.2) is 42.6 Å². The summed E-state index contributed by atoms with van der Waals surface area (Å²) >= 11 is 0. The Morgan fingerprint density at radius 2 is 1.79 bits per heavy atom. The molecule has 4 rings (SSSR count). The minimum atomic E-state index is -5.08. The summed E-state index contributed by atoms with van der Waals surface area (Å²) in [5, 5.41) is 9.22.